The van der Waals surface area contributed by atoms with E-state index in [4.69, 9.17) is 30.3 Å². The number of aliphatic hydroxyl groups is 1. The van der Waals surface area contributed by atoms with E-state index in [1.54, 1.807) is 6.20 Å². The number of nitrogens with one attached hydrogen (secondary N) is 1. The number of aromatic nitrogens is 5. The highest BCUT2D eigenvalue weighted by molar-refractivity contribution is 5.96. The van der Waals surface area contributed by atoms with Gasteiger partial charge in [-0.1, -0.05) is 6.92 Å². The summed E-state index contributed by atoms with van der Waals surface area (Å²) in [7, 11) is 0. The molecule has 0 aliphatic heterocycles. The van der Waals surface area contributed by atoms with Gasteiger partial charge in [-0.25, -0.2) is 15.0 Å². The molecule has 0 amide bonds. The van der Waals surface area contributed by atoms with Gasteiger partial charge in [0.1, 0.15) is 16.9 Å². The van der Waals surface area contributed by atoms with Gasteiger partial charge in [0.15, 0.2) is 5.82 Å². The number of aliphatic hydroxyl groups excluding tert-OH is 1. The van der Waals surface area contributed by atoms with Gasteiger partial charge >= 0.3 is 0 Å². The van der Waals surface area contributed by atoms with E-state index in [9.17, 15) is 5.11 Å². The van der Waals surface area contributed by atoms with E-state index in [-0.39, 0.29) is 17.6 Å². The number of ether oxygens (including phenoxy) is 2. The van der Waals surface area contributed by atoms with E-state index in [0.29, 0.717) is 17.4 Å². The van der Waals surface area contributed by atoms with Crippen LogP contribution in [0.15, 0.2) is 18.6 Å². The van der Waals surface area contributed by atoms with Crippen LogP contribution in [0.1, 0.15) is 77.5 Å². The minimum absolute atomic E-state index is 0.0842. The van der Waals surface area contributed by atoms with Crippen LogP contribution in [0.3, 0.4) is 0 Å². The van der Waals surface area contributed by atoms with Crippen molar-refractivity contribution in [2.45, 2.75) is 90.3 Å². The Labute approximate surface area is 230 Å². The first-order chi connectivity index (χ1) is 18.9. The highest BCUT2D eigenvalue weighted by Gasteiger charge is 2.37. The van der Waals surface area contributed by atoms with Crippen molar-refractivity contribution < 1.29 is 14.6 Å². The Balaban J connectivity index is 1.39. The second-order valence-corrected chi connectivity index (χ2v) is 11.1. The lowest BCUT2D eigenvalue weighted by Crippen LogP contribution is -2.37. The van der Waals surface area contributed by atoms with Crippen molar-refractivity contribution in [3.63, 3.8) is 0 Å². The first-order valence-corrected chi connectivity index (χ1v) is 14.5. The van der Waals surface area contributed by atoms with Crippen molar-refractivity contribution in [1.82, 2.24) is 24.7 Å². The Morgan fingerprint density at radius 2 is 1.77 bits per heavy atom. The number of nitrogens with two attached hydrogens (primary N) is 1. The molecule has 3 aromatic heterocycles. The fraction of sp³-hybridized carbons (Fsp3) is 0.655. The number of pyridine rings is 1. The molecule has 0 saturated heterocycles. The molecule has 4 N–H and O–H groups in total. The van der Waals surface area contributed by atoms with E-state index in [2.05, 4.69) is 28.1 Å². The van der Waals surface area contributed by atoms with Crippen LogP contribution in [0.4, 0.5) is 11.6 Å². The first kappa shape index (κ1) is 27.7. The molecule has 3 heterocycles. The molecule has 2 atom stereocenters. The molecule has 2 aliphatic carbocycles. The van der Waals surface area contributed by atoms with Gasteiger partial charge < -0.3 is 25.6 Å². The maximum absolute atomic E-state index is 10.00. The van der Waals surface area contributed by atoms with Crippen LogP contribution in [-0.4, -0.2) is 68.4 Å². The number of rotatable bonds is 11. The van der Waals surface area contributed by atoms with Crippen molar-refractivity contribution in [3.8, 4) is 11.1 Å². The zero-order chi connectivity index (χ0) is 27.4. The molecule has 39 heavy (non-hydrogen) atoms. The van der Waals surface area contributed by atoms with Crippen LogP contribution >= 0.6 is 0 Å². The predicted octanol–water partition coefficient (Wildman–Crippen LogP) is 4.53. The summed E-state index contributed by atoms with van der Waals surface area (Å²) >= 11 is 0. The average Bonchev–Trinajstić information content (AvgIpc) is 3.60. The lowest BCUT2D eigenvalue weighted by atomic mass is 9.73. The molecule has 10 nitrogen and oxygen atoms in total. The highest BCUT2D eigenvalue weighted by Crippen LogP contribution is 2.42. The van der Waals surface area contributed by atoms with Crippen LogP contribution in [0.2, 0.25) is 0 Å². The fourth-order valence-corrected chi connectivity index (χ4v) is 6.07. The molecule has 2 saturated carbocycles. The van der Waals surface area contributed by atoms with Gasteiger partial charge in [0, 0.05) is 48.2 Å². The standard InChI is InChI=1S/C29H43N7O3/c1-4-24-28(33-20-7-8-22(37)13-20)35-25-23(15-31-27(30)26(25)34-24)19-14-32-36(16-19)21-9-11-29(12-10-21,17-38-5-2)18-39-6-3/h14-16,20-22,37H,4-13,17-18H2,1-3H3,(H2,30,31)(H,33,35)/t20?,22-/m0/s1. The van der Waals surface area contributed by atoms with Crippen molar-refractivity contribution in [3.05, 3.63) is 24.3 Å². The molecule has 3 aromatic rings. The SMILES string of the molecule is CCOCC1(COCC)CCC(n2cc(-c3cnc(N)c4nc(CC)c(NC5CC[C@H](O)C5)nc34)cn2)CC1. The number of anilines is 2. The van der Waals surface area contributed by atoms with Gasteiger partial charge in [-0.15, -0.1) is 0 Å². The Kier molecular flexibility index (Phi) is 8.64. The molecule has 0 bridgehead atoms. The van der Waals surface area contributed by atoms with E-state index in [1.165, 1.54) is 0 Å². The third-order valence-corrected chi connectivity index (χ3v) is 8.41. The predicted molar refractivity (Wildman–Crippen MR) is 153 cm³/mol. The Morgan fingerprint density at radius 1 is 1.03 bits per heavy atom. The monoisotopic (exact) mass is 537 g/mol. The normalized spacial score (nSPS) is 21.5. The number of hydrogen-bond acceptors (Lipinski definition) is 9. The number of fused-ring (bicyclic) bond motifs is 1. The molecule has 212 valence electrons. The van der Waals surface area contributed by atoms with E-state index in [0.717, 1.165) is 106 Å². The maximum Gasteiger partial charge on any atom is 0.151 e. The number of nitrogens with zero attached hydrogens (tertiary/aromatic N) is 5. The summed E-state index contributed by atoms with van der Waals surface area (Å²) in [6.45, 7) is 9.11. The topological polar surface area (TPSA) is 133 Å². The molecule has 5 rings (SSSR count). The molecule has 0 aromatic carbocycles. The van der Waals surface area contributed by atoms with E-state index < -0.39 is 0 Å². The van der Waals surface area contributed by atoms with Crippen molar-refractivity contribution in [1.29, 1.82) is 0 Å². The zero-order valence-electron chi connectivity index (χ0n) is 23.5. The van der Waals surface area contributed by atoms with Crippen LogP contribution in [0.5, 0.6) is 0 Å². The minimum Gasteiger partial charge on any atom is -0.393 e. The smallest absolute Gasteiger partial charge is 0.151 e. The fourth-order valence-electron chi connectivity index (χ4n) is 6.07. The molecule has 0 radical (unpaired) electrons. The summed E-state index contributed by atoms with van der Waals surface area (Å²) in [5.41, 5.74) is 10.4. The van der Waals surface area contributed by atoms with Crippen LogP contribution in [0, 0.1) is 5.41 Å². The molecular weight excluding hydrogens is 494 g/mol. The van der Waals surface area contributed by atoms with Gasteiger partial charge in [-0.3, -0.25) is 4.68 Å². The van der Waals surface area contributed by atoms with Crippen LogP contribution in [0.25, 0.3) is 22.2 Å². The number of aryl methyl sites for hydroxylation is 1. The van der Waals surface area contributed by atoms with Gasteiger partial charge in [0.05, 0.1) is 37.3 Å². The molecule has 10 heteroatoms. The molecule has 1 unspecified atom stereocenters. The summed E-state index contributed by atoms with van der Waals surface area (Å²) < 4.78 is 13.8. The first-order valence-electron chi connectivity index (χ1n) is 14.5. The van der Waals surface area contributed by atoms with Gasteiger partial charge in [-0.2, -0.15) is 5.10 Å². The van der Waals surface area contributed by atoms with Gasteiger partial charge in [0.25, 0.3) is 0 Å². The van der Waals surface area contributed by atoms with Crippen molar-refractivity contribution in [2.75, 3.05) is 37.5 Å². The molecule has 2 aliphatic rings. The molecule has 0 spiro atoms. The van der Waals surface area contributed by atoms with E-state index in [1.807, 2.05) is 20.0 Å². The largest absolute Gasteiger partial charge is 0.393 e. The number of hydrogen-bond donors (Lipinski definition) is 3. The average molecular weight is 538 g/mol. The third kappa shape index (κ3) is 6.02. The van der Waals surface area contributed by atoms with Crippen molar-refractivity contribution in [2.24, 2.45) is 5.41 Å². The lowest BCUT2D eigenvalue weighted by molar-refractivity contribution is -0.0437. The van der Waals surface area contributed by atoms with E-state index >= 15 is 0 Å². The summed E-state index contributed by atoms with van der Waals surface area (Å²) in [6, 6.07) is 0.512. The Morgan fingerprint density at radius 3 is 2.41 bits per heavy atom. The van der Waals surface area contributed by atoms with Crippen molar-refractivity contribution >= 4 is 22.7 Å². The number of nitrogen functional groups attached to an aromatic ring is 1. The lowest BCUT2D eigenvalue weighted by Gasteiger charge is -2.39. The minimum atomic E-state index is -0.259. The highest BCUT2D eigenvalue weighted by atomic mass is 16.5. The summed E-state index contributed by atoms with van der Waals surface area (Å²) in [5.74, 6) is 1.13. The Bertz CT molecular complexity index is 1250. The van der Waals surface area contributed by atoms with Gasteiger partial charge in [0.2, 0.25) is 0 Å². The molecule has 2 fully saturated rings. The second-order valence-electron chi connectivity index (χ2n) is 11.1. The third-order valence-electron chi connectivity index (χ3n) is 8.41. The van der Waals surface area contributed by atoms with Crippen LogP contribution in [-0.2, 0) is 15.9 Å². The second kappa shape index (κ2) is 12.1. The Hall–Kier alpha value is -2.82. The summed E-state index contributed by atoms with van der Waals surface area (Å²) in [6.07, 6.45) is 12.8. The quantitative estimate of drug-likeness (QED) is 0.322. The summed E-state index contributed by atoms with van der Waals surface area (Å²) in [4.78, 5) is 14.4. The van der Waals surface area contributed by atoms with Crippen LogP contribution < -0.4 is 11.1 Å². The maximum atomic E-state index is 10.00. The van der Waals surface area contributed by atoms with Gasteiger partial charge in [-0.05, 0) is 65.2 Å². The molecular formula is C29H43N7O3. The zero-order valence-corrected chi connectivity index (χ0v) is 23.5. The summed E-state index contributed by atoms with van der Waals surface area (Å²) in [5, 5.41) is 18.3.